The van der Waals surface area contributed by atoms with E-state index in [9.17, 15) is 9.59 Å². The molecular weight excluding hydrogens is 254 g/mol. The molecule has 0 N–H and O–H groups in total. The number of ether oxygens (including phenoxy) is 1. The van der Waals surface area contributed by atoms with Crippen molar-refractivity contribution in [2.75, 3.05) is 7.11 Å². The van der Waals surface area contributed by atoms with E-state index in [0.29, 0.717) is 0 Å². The van der Waals surface area contributed by atoms with Crippen LogP contribution >= 0.6 is 0 Å². The summed E-state index contributed by atoms with van der Waals surface area (Å²) in [7, 11) is 1.29. The Morgan fingerprint density at radius 2 is 1.80 bits per heavy atom. The van der Waals surface area contributed by atoms with Crippen LogP contribution in [0.1, 0.15) is 11.6 Å². The number of pyridine rings is 1. The van der Waals surface area contributed by atoms with Crippen LogP contribution in [0.2, 0.25) is 0 Å². The number of methoxy groups -OCH3 is 1. The Hall–Kier alpha value is -2.62. The highest BCUT2D eigenvalue weighted by Crippen LogP contribution is 2.24. The van der Waals surface area contributed by atoms with E-state index >= 15 is 0 Å². The molecule has 1 heterocycles. The van der Waals surface area contributed by atoms with Gasteiger partial charge in [0.15, 0.2) is 0 Å². The highest BCUT2D eigenvalue weighted by Gasteiger charge is 2.23. The molecule has 0 aliphatic heterocycles. The first kappa shape index (κ1) is 13.8. The van der Waals surface area contributed by atoms with E-state index in [0.717, 1.165) is 5.56 Å². The lowest BCUT2D eigenvalue weighted by Crippen LogP contribution is -2.28. The molecule has 0 aliphatic carbocycles. The minimum absolute atomic E-state index is 0.202. The molecule has 2 aromatic rings. The SMILES string of the molecule is C=C(C(=O)OC)C(c1ccccc1)n1ccccc1=O. The van der Waals surface area contributed by atoms with Gasteiger partial charge in [0, 0.05) is 12.3 Å². The molecule has 4 heteroatoms. The molecule has 0 aliphatic rings. The van der Waals surface area contributed by atoms with Crippen LogP contribution in [0.4, 0.5) is 0 Å². The average molecular weight is 269 g/mol. The van der Waals surface area contributed by atoms with Crippen molar-refractivity contribution in [1.82, 2.24) is 4.57 Å². The first-order chi connectivity index (χ1) is 9.65. The summed E-state index contributed by atoms with van der Waals surface area (Å²) in [6, 6.07) is 13.5. The molecule has 1 aromatic heterocycles. The van der Waals surface area contributed by atoms with Gasteiger partial charge in [-0.2, -0.15) is 0 Å². The van der Waals surface area contributed by atoms with Crippen molar-refractivity contribution in [1.29, 1.82) is 0 Å². The van der Waals surface area contributed by atoms with Gasteiger partial charge in [-0.3, -0.25) is 4.79 Å². The van der Waals surface area contributed by atoms with Crippen molar-refractivity contribution < 1.29 is 9.53 Å². The fourth-order valence-electron chi connectivity index (χ4n) is 2.06. The molecule has 2 rings (SSSR count). The summed E-state index contributed by atoms with van der Waals surface area (Å²) in [5.41, 5.74) is 0.814. The van der Waals surface area contributed by atoms with Gasteiger partial charge < -0.3 is 9.30 Å². The van der Waals surface area contributed by atoms with Gasteiger partial charge in [-0.15, -0.1) is 0 Å². The monoisotopic (exact) mass is 269 g/mol. The number of aromatic nitrogens is 1. The first-order valence-corrected chi connectivity index (χ1v) is 6.14. The molecule has 0 bridgehead atoms. The molecule has 0 saturated carbocycles. The smallest absolute Gasteiger partial charge is 0.335 e. The third kappa shape index (κ3) is 2.69. The zero-order chi connectivity index (χ0) is 14.5. The topological polar surface area (TPSA) is 48.3 Å². The van der Waals surface area contributed by atoms with Crippen molar-refractivity contribution in [3.8, 4) is 0 Å². The van der Waals surface area contributed by atoms with E-state index in [-0.39, 0.29) is 11.1 Å². The summed E-state index contributed by atoms with van der Waals surface area (Å²) in [5.74, 6) is -0.533. The predicted octanol–water partition coefficient (Wildman–Crippen LogP) is 2.17. The van der Waals surface area contributed by atoms with Crippen LogP contribution < -0.4 is 5.56 Å². The molecule has 20 heavy (non-hydrogen) atoms. The van der Waals surface area contributed by atoms with Gasteiger partial charge in [-0.1, -0.05) is 43.0 Å². The maximum atomic E-state index is 12.0. The normalized spacial score (nSPS) is 11.7. The van der Waals surface area contributed by atoms with Crippen molar-refractivity contribution in [2.24, 2.45) is 0 Å². The molecule has 1 unspecified atom stereocenters. The van der Waals surface area contributed by atoms with Gasteiger partial charge in [-0.25, -0.2) is 4.79 Å². The largest absolute Gasteiger partial charge is 0.466 e. The first-order valence-electron chi connectivity index (χ1n) is 6.14. The molecule has 1 atom stereocenters. The van der Waals surface area contributed by atoms with Gasteiger partial charge in [0.2, 0.25) is 0 Å². The second kappa shape index (κ2) is 6.02. The molecular formula is C16H15NO3. The van der Waals surface area contributed by atoms with Crippen molar-refractivity contribution >= 4 is 5.97 Å². The Balaban J connectivity index is 2.57. The highest BCUT2D eigenvalue weighted by molar-refractivity contribution is 5.89. The Labute approximate surface area is 116 Å². The lowest BCUT2D eigenvalue weighted by molar-refractivity contribution is -0.136. The number of hydrogen-bond donors (Lipinski definition) is 0. The number of carbonyl (C=O) groups is 1. The number of esters is 1. The van der Waals surface area contributed by atoms with Crippen LogP contribution in [0.15, 0.2) is 71.7 Å². The summed E-state index contributed by atoms with van der Waals surface area (Å²) in [5, 5.41) is 0. The molecule has 1 aromatic carbocycles. The van der Waals surface area contributed by atoms with Crippen LogP contribution in [-0.4, -0.2) is 17.6 Å². The lowest BCUT2D eigenvalue weighted by atomic mass is 9.99. The standard InChI is InChI=1S/C16H15NO3/c1-12(16(19)20-2)15(13-8-4-3-5-9-13)17-11-7-6-10-14(17)18/h3-11,15H,1H2,2H3. The minimum atomic E-state index is -0.572. The summed E-state index contributed by atoms with van der Waals surface area (Å²) >= 11 is 0. The van der Waals surface area contributed by atoms with Crippen LogP contribution in [0.5, 0.6) is 0 Å². The Kier molecular flexibility index (Phi) is 4.15. The summed E-state index contributed by atoms with van der Waals surface area (Å²) < 4.78 is 6.19. The quantitative estimate of drug-likeness (QED) is 0.631. The third-order valence-corrected chi connectivity index (χ3v) is 3.02. The lowest BCUT2D eigenvalue weighted by Gasteiger charge is -2.21. The molecule has 4 nitrogen and oxygen atoms in total. The summed E-state index contributed by atoms with van der Waals surface area (Å²) in [4.78, 5) is 23.8. The zero-order valence-electron chi connectivity index (χ0n) is 11.2. The van der Waals surface area contributed by atoms with E-state index in [1.807, 2.05) is 30.3 Å². The van der Waals surface area contributed by atoms with E-state index in [1.165, 1.54) is 17.7 Å². The molecule has 0 fully saturated rings. The van der Waals surface area contributed by atoms with E-state index in [1.54, 1.807) is 18.3 Å². The number of carbonyl (C=O) groups excluding carboxylic acids is 1. The van der Waals surface area contributed by atoms with Gasteiger partial charge in [0.25, 0.3) is 5.56 Å². The number of benzene rings is 1. The fourth-order valence-corrected chi connectivity index (χ4v) is 2.06. The zero-order valence-corrected chi connectivity index (χ0v) is 11.2. The number of hydrogen-bond acceptors (Lipinski definition) is 3. The second-order valence-electron chi connectivity index (χ2n) is 4.28. The Morgan fingerprint density at radius 3 is 2.40 bits per heavy atom. The van der Waals surface area contributed by atoms with Crippen LogP contribution in [0.3, 0.4) is 0 Å². The van der Waals surface area contributed by atoms with Crippen molar-refractivity contribution in [3.63, 3.8) is 0 Å². The van der Waals surface area contributed by atoms with E-state index in [2.05, 4.69) is 6.58 Å². The van der Waals surface area contributed by atoms with Crippen LogP contribution in [-0.2, 0) is 9.53 Å². The summed E-state index contributed by atoms with van der Waals surface area (Å²) in [6.45, 7) is 3.79. The summed E-state index contributed by atoms with van der Waals surface area (Å²) in [6.07, 6.45) is 1.63. The molecule has 0 spiro atoms. The van der Waals surface area contributed by atoms with Crippen LogP contribution in [0, 0.1) is 0 Å². The van der Waals surface area contributed by atoms with Gasteiger partial charge in [0.05, 0.1) is 18.7 Å². The highest BCUT2D eigenvalue weighted by atomic mass is 16.5. The van der Waals surface area contributed by atoms with Crippen LogP contribution in [0.25, 0.3) is 0 Å². The molecule has 0 radical (unpaired) electrons. The predicted molar refractivity (Wildman–Crippen MR) is 76.4 cm³/mol. The maximum Gasteiger partial charge on any atom is 0.335 e. The van der Waals surface area contributed by atoms with E-state index < -0.39 is 12.0 Å². The van der Waals surface area contributed by atoms with Gasteiger partial charge in [-0.05, 0) is 11.6 Å². The van der Waals surface area contributed by atoms with Gasteiger partial charge in [0.1, 0.15) is 0 Å². The van der Waals surface area contributed by atoms with Gasteiger partial charge >= 0.3 is 5.97 Å². The average Bonchev–Trinajstić information content (AvgIpc) is 2.49. The van der Waals surface area contributed by atoms with Crippen molar-refractivity contribution in [3.05, 3.63) is 82.8 Å². The van der Waals surface area contributed by atoms with E-state index in [4.69, 9.17) is 4.74 Å². The minimum Gasteiger partial charge on any atom is -0.466 e. The molecule has 0 amide bonds. The number of nitrogens with zero attached hydrogens (tertiary/aromatic N) is 1. The Bertz CT molecular complexity index is 673. The molecule has 0 saturated heterocycles. The third-order valence-electron chi connectivity index (χ3n) is 3.02. The van der Waals surface area contributed by atoms with Crippen molar-refractivity contribution in [2.45, 2.75) is 6.04 Å². The second-order valence-corrected chi connectivity index (χ2v) is 4.28. The molecule has 102 valence electrons. The maximum absolute atomic E-state index is 12.0. The Morgan fingerprint density at radius 1 is 1.15 bits per heavy atom. The number of rotatable bonds is 4. The fraction of sp³-hybridized carbons (Fsp3) is 0.125.